The number of nitrogens with two attached hydrogens (primary N) is 1. The summed E-state index contributed by atoms with van der Waals surface area (Å²) in [6.07, 6.45) is 12.0. The van der Waals surface area contributed by atoms with E-state index < -0.39 is 10.4 Å². The Hall–Kier alpha value is -0.950. The van der Waals surface area contributed by atoms with E-state index in [1.807, 2.05) is 42.0 Å². The van der Waals surface area contributed by atoms with Crippen LogP contribution >= 0.6 is 0 Å². The van der Waals surface area contributed by atoms with Crippen molar-refractivity contribution in [2.45, 2.75) is 0 Å². The normalized spacial score (nSPS) is 14.6. The molecule has 0 aliphatic carbocycles. The second kappa shape index (κ2) is 6.55. The van der Waals surface area contributed by atoms with Crippen LogP contribution in [-0.4, -0.2) is 20.1 Å². The molecule has 74 valence electrons. The van der Waals surface area contributed by atoms with E-state index in [0.717, 1.165) is 7.11 Å². The summed E-state index contributed by atoms with van der Waals surface area (Å²) in [5, 5.41) is 2.00. The molecule has 1 aliphatic rings. The van der Waals surface area contributed by atoms with Gasteiger partial charge in [0.25, 0.3) is 0 Å². The fraction of sp³-hybridized carbons (Fsp3) is 0.143. The zero-order chi connectivity index (χ0) is 10.2. The van der Waals surface area contributed by atoms with Gasteiger partial charge in [0.05, 0.1) is 19.5 Å². The molecule has 0 aromatic carbocycles. The maximum absolute atomic E-state index is 9.22. The molecule has 0 aromatic rings. The van der Waals surface area contributed by atoms with Gasteiger partial charge in [0, 0.05) is 0 Å². The van der Waals surface area contributed by atoms with Crippen molar-refractivity contribution >= 4 is 10.4 Å². The molecule has 0 radical (unpaired) electrons. The monoisotopic (exact) mass is 205 g/mol. The van der Waals surface area contributed by atoms with Gasteiger partial charge < -0.3 is 4.55 Å². The van der Waals surface area contributed by atoms with Gasteiger partial charge in [-0.2, -0.15) is 0 Å². The molecule has 0 bridgehead atoms. The van der Waals surface area contributed by atoms with Crippen molar-refractivity contribution in [3.8, 4) is 0 Å². The first-order valence-corrected chi connectivity index (χ1v) is 4.74. The van der Waals surface area contributed by atoms with E-state index in [4.69, 9.17) is 0 Å². The van der Waals surface area contributed by atoms with Gasteiger partial charge in [-0.1, -0.05) is 12.2 Å². The number of hydrogen-bond acceptors (Lipinski definition) is 4. The Balaban J connectivity index is 0.000000226. The molecule has 0 amide bonds. The lowest BCUT2D eigenvalue weighted by Gasteiger charge is -1.98. The van der Waals surface area contributed by atoms with Crippen LogP contribution in [-0.2, 0) is 14.6 Å². The van der Waals surface area contributed by atoms with Crippen molar-refractivity contribution in [3.05, 3.63) is 36.7 Å². The first kappa shape index (κ1) is 12.0. The average molecular weight is 205 g/mol. The first-order valence-electron chi connectivity index (χ1n) is 3.41. The Morgan fingerprint density at radius 2 is 1.54 bits per heavy atom. The Morgan fingerprint density at radius 3 is 1.85 bits per heavy atom. The molecule has 2 N–H and O–H groups in total. The first-order chi connectivity index (χ1) is 6.06. The molecule has 0 saturated carbocycles. The second-order valence-corrected chi connectivity index (χ2v) is 3.07. The highest BCUT2D eigenvalue weighted by atomic mass is 32.3. The molecular formula is C7H11NO4S. The van der Waals surface area contributed by atoms with Crippen molar-refractivity contribution in [2.75, 3.05) is 7.11 Å². The Morgan fingerprint density at radius 1 is 1.15 bits per heavy atom. The van der Waals surface area contributed by atoms with Crippen molar-refractivity contribution < 1.29 is 22.5 Å². The van der Waals surface area contributed by atoms with Gasteiger partial charge in [-0.3, -0.25) is 9.50 Å². The van der Waals surface area contributed by atoms with Gasteiger partial charge in [-0.05, 0) is 12.2 Å². The fourth-order valence-electron chi connectivity index (χ4n) is 0.449. The van der Waals surface area contributed by atoms with Crippen LogP contribution in [0.3, 0.4) is 0 Å². The molecule has 5 nitrogen and oxygen atoms in total. The van der Waals surface area contributed by atoms with Crippen LogP contribution in [0.5, 0.6) is 0 Å². The summed E-state index contributed by atoms with van der Waals surface area (Å²) in [6.45, 7) is 0. The van der Waals surface area contributed by atoms with Crippen molar-refractivity contribution in [3.63, 3.8) is 0 Å². The number of rotatable bonds is 1. The van der Waals surface area contributed by atoms with Crippen LogP contribution in [0.15, 0.2) is 36.7 Å². The van der Waals surface area contributed by atoms with Gasteiger partial charge in [-0.15, -0.1) is 0 Å². The third kappa shape index (κ3) is 11.0. The van der Waals surface area contributed by atoms with E-state index in [-0.39, 0.29) is 0 Å². The highest BCUT2D eigenvalue weighted by Gasteiger charge is 1.79. The minimum absolute atomic E-state index is 0.808. The molecule has 1 aliphatic heterocycles. The standard InChI is InChI=1S/C6H7N.CH4O4S/c1-2-4-6-7-5-3-1;1-5-6(2,3)4/h1-7H;1H3,(H,2,3,4). The van der Waals surface area contributed by atoms with E-state index in [2.05, 4.69) is 4.18 Å². The lowest BCUT2D eigenvalue weighted by Crippen LogP contribution is -2.70. The Kier molecular flexibility index (Phi) is 6.07. The lowest BCUT2D eigenvalue weighted by molar-refractivity contribution is -0.513. The zero-order valence-corrected chi connectivity index (χ0v) is 7.90. The van der Waals surface area contributed by atoms with E-state index >= 15 is 0 Å². The van der Waals surface area contributed by atoms with Crippen LogP contribution < -0.4 is 5.32 Å². The number of hydrogen-bond donors (Lipinski definition) is 1. The van der Waals surface area contributed by atoms with Crippen LogP contribution in [0.4, 0.5) is 0 Å². The van der Waals surface area contributed by atoms with Crippen molar-refractivity contribution in [1.82, 2.24) is 0 Å². The quantitative estimate of drug-likeness (QED) is 0.450. The fourth-order valence-corrected chi connectivity index (χ4v) is 0.449. The smallest absolute Gasteiger partial charge is 0.217 e. The summed E-state index contributed by atoms with van der Waals surface area (Å²) in [5.41, 5.74) is 0. The maximum Gasteiger partial charge on any atom is 0.217 e. The predicted molar refractivity (Wildman–Crippen MR) is 46.1 cm³/mol. The highest BCUT2D eigenvalue weighted by molar-refractivity contribution is 7.80. The molecule has 0 unspecified atom stereocenters. The topological polar surface area (TPSA) is 83.0 Å². The Labute approximate surface area is 77.4 Å². The summed E-state index contributed by atoms with van der Waals surface area (Å²) < 4.78 is 31.0. The van der Waals surface area contributed by atoms with Gasteiger partial charge in [0.15, 0.2) is 0 Å². The van der Waals surface area contributed by atoms with Crippen LogP contribution in [0.2, 0.25) is 0 Å². The minimum Gasteiger partial charge on any atom is -0.726 e. The molecule has 6 heteroatoms. The summed E-state index contributed by atoms with van der Waals surface area (Å²) >= 11 is 0. The van der Waals surface area contributed by atoms with E-state index in [1.165, 1.54) is 0 Å². The van der Waals surface area contributed by atoms with E-state index in [9.17, 15) is 13.0 Å². The summed E-state index contributed by atoms with van der Waals surface area (Å²) in [5.74, 6) is 0. The molecule has 0 saturated heterocycles. The molecule has 1 heterocycles. The van der Waals surface area contributed by atoms with Gasteiger partial charge in [0.2, 0.25) is 10.4 Å². The van der Waals surface area contributed by atoms with Gasteiger partial charge in [-0.25, -0.2) is 8.42 Å². The molecule has 1 rings (SSSR count). The predicted octanol–water partition coefficient (Wildman–Crippen LogP) is -0.760. The van der Waals surface area contributed by atoms with Crippen LogP contribution in [0, 0.1) is 0 Å². The molecular weight excluding hydrogens is 194 g/mol. The third-order valence-electron chi connectivity index (χ3n) is 0.982. The maximum atomic E-state index is 9.22. The van der Waals surface area contributed by atoms with Crippen molar-refractivity contribution in [2.24, 2.45) is 0 Å². The third-order valence-corrected chi connectivity index (χ3v) is 1.39. The lowest BCUT2D eigenvalue weighted by atomic mass is 10.5. The highest BCUT2D eigenvalue weighted by Crippen LogP contribution is 1.76. The SMILES string of the molecule is C1=CC=C[NH2+]C=C1.COS(=O)(=O)[O-]. The second-order valence-electron chi connectivity index (χ2n) is 1.92. The average Bonchev–Trinajstić information content (AvgIpc) is 2.34. The zero-order valence-electron chi connectivity index (χ0n) is 7.08. The molecule has 0 aromatic heterocycles. The summed E-state index contributed by atoms with van der Waals surface area (Å²) in [6, 6.07) is 0. The largest absolute Gasteiger partial charge is 0.726 e. The van der Waals surface area contributed by atoms with Crippen LogP contribution in [0.25, 0.3) is 0 Å². The van der Waals surface area contributed by atoms with E-state index in [1.54, 1.807) is 0 Å². The van der Waals surface area contributed by atoms with Gasteiger partial charge >= 0.3 is 0 Å². The minimum atomic E-state index is -4.41. The molecule has 0 spiro atoms. The molecule has 13 heavy (non-hydrogen) atoms. The summed E-state index contributed by atoms with van der Waals surface area (Å²) in [7, 11) is -3.60. The van der Waals surface area contributed by atoms with E-state index in [0.29, 0.717) is 0 Å². The molecule has 0 fully saturated rings. The van der Waals surface area contributed by atoms with Crippen LogP contribution in [0.1, 0.15) is 0 Å². The van der Waals surface area contributed by atoms with Gasteiger partial charge in [0.1, 0.15) is 0 Å². The number of allylic oxidation sites excluding steroid dienone is 4. The van der Waals surface area contributed by atoms with Crippen molar-refractivity contribution in [1.29, 1.82) is 0 Å². The number of quaternary nitrogens is 1. The Bertz CT molecular complexity index is 288. The molecule has 0 atom stereocenters. The summed E-state index contributed by atoms with van der Waals surface area (Å²) in [4.78, 5) is 0.